The Bertz CT molecular complexity index is 674. The summed E-state index contributed by atoms with van der Waals surface area (Å²) >= 11 is 5.86. The summed E-state index contributed by atoms with van der Waals surface area (Å²) in [6.07, 6.45) is 2.02. The fourth-order valence-corrected chi connectivity index (χ4v) is 2.20. The van der Waals surface area contributed by atoms with Gasteiger partial charge < -0.3 is 15.2 Å². The molecule has 124 valence electrons. The third-order valence-corrected chi connectivity index (χ3v) is 3.59. The van der Waals surface area contributed by atoms with E-state index in [0.29, 0.717) is 12.5 Å². The summed E-state index contributed by atoms with van der Waals surface area (Å²) in [5.74, 6) is -1.78. The number of halogens is 1. The first-order valence-corrected chi connectivity index (χ1v) is 7.06. The van der Waals surface area contributed by atoms with E-state index in [1.165, 1.54) is 7.11 Å². The Morgan fingerprint density at radius 1 is 1.52 bits per heavy atom. The van der Waals surface area contributed by atoms with Gasteiger partial charge in [-0.25, -0.2) is 4.79 Å². The number of carbonyl (C=O) groups is 2. The van der Waals surface area contributed by atoms with Gasteiger partial charge in [-0.05, 0) is 18.8 Å². The fourth-order valence-electron chi connectivity index (χ4n) is 1.92. The number of rotatable bonds is 5. The van der Waals surface area contributed by atoms with Crippen LogP contribution in [0.15, 0.2) is 6.07 Å². The number of hydrogen-bond donors (Lipinski definition) is 3. The van der Waals surface area contributed by atoms with Gasteiger partial charge in [0.05, 0.1) is 17.1 Å². The number of benzene rings is 1. The second kappa shape index (κ2) is 6.69. The molecule has 1 aromatic carbocycles. The van der Waals surface area contributed by atoms with E-state index >= 15 is 0 Å². The molecule has 2 rings (SSSR count). The van der Waals surface area contributed by atoms with Gasteiger partial charge >= 0.3 is 11.7 Å². The number of nitrogens with zero attached hydrogens (tertiary/aromatic N) is 1. The first-order valence-electron chi connectivity index (χ1n) is 6.68. The molecule has 0 heterocycles. The molecule has 23 heavy (non-hydrogen) atoms. The average molecular weight is 344 g/mol. The number of carbonyl (C=O) groups excluding carboxylic acids is 2. The minimum atomic E-state index is -1.09. The van der Waals surface area contributed by atoms with Gasteiger partial charge in [-0.3, -0.25) is 20.2 Å². The lowest BCUT2D eigenvalue weighted by Gasteiger charge is -2.11. The molecular weight excluding hydrogens is 330 g/mol. The summed E-state index contributed by atoms with van der Waals surface area (Å²) in [6, 6.07) is 0.267. The zero-order chi connectivity index (χ0) is 17.1. The van der Waals surface area contributed by atoms with Crippen LogP contribution in [0.3, 0.4) is 0 Å². The van der Waals surface area contributed by atoms with E-state index < -0.39 is 33.9 Å². The van der Waals surface area contributed by atoms with Gasteiger partial charge in [0.2, 0.25) is 5.75 Å². The first-order chi connectivity index (χ1) is 10.8. The van der Waals surface area contributed by atoms with E-state index in [9.17, 15) is 24.8 Å². The molecule has 0 bridgehead atoms. The molecule has 1 aliphatic rings. The summed E-state index contributed by atoms with van der Waals surface area (Å²) in [7, 11) is 1.18. The van der Waals surface area contributed by atoms with Crippen molar-refractivity contribution in [3.05, 3.63) is 26.8 Å². The van der Waals surface area contributed by atoms with Gasteiger partial charge in [0.15, 0.2) is 5.75 Å². The van der Waals surface area contributed by atoms with Crippen molar-refractivity contribution < 1.29 is 24.4 Å². The minimum absolute atomic E-state index is 0.253. The van der Waals surface area contributed by atoms with Crippen LogP contribution in [0.1, 0.15) is 23.2 Å². The second-order valence-corrected chi connectivity index (χ2v) is 5.40. The van der Waals surface area contributed by atoms with Gasteiger partial charge in [0.25, 0.3) is 5.91 Å². The van der Waals surface area contributed by atoms with E-state index in [-0.39, 0.29) is 10.8 Å². The molecule has 0 radical (unpaired) electrons. The van der Waals surface area contributed by atoms with Crippen LogP contribution in [0.25, 0.3) is 0 Å². The van der Waals surface area contributed by atoms with E-state index in [1.807, 2.05) is 5.32 Å². The topological polar surface area (TPSA) is 131 Å². The molecule has 1 fully saturated rings. The predicted octanol–water partition coefficient (Wildman–Crippen LogP) is 1.81. The van der Waals surface area contributed by atoms with Crippen LogP contribution in [0.4, 0.5) is 10.5 Å². The minimum Gasteiger partial charge on any atom is -0.499 e. The highest BCUT2D eigenvalue weighted by molar-refractivity contribution is 6.35. The van der Waals surface area contributed by atoms with Crippen LogP contribution in [-0.2, 0) is 0 Å². The van der Waals surface area contributed by atoms with E-state index in [2.05, 4.69) is 5.32 Å². The normalized spacial score (nSPS) is 13.3. The van der Waals surface area contributed by atoms with Crippen LogP contribution in [0.5, 0.6) is 11.5 Å². The van der Waals surface area contributed by atoms with Crippen molar-refractivity contribution in [1.29, 1.82) is 0 Å². The van der Waals surface area contributed by atoms with Crippen LogP contribution in [-0.4, -0.2) is 35.6 Å². The first kappa shape index (κ1) is 16.8. The average Bonchev–Trinajstić information content (AvgIpc) is 3.30. The summed E-state index contributed by atoms with van der Waals surface area (Å²) in [5.41, 5.74) is -1.54. The maximum Gasteiger partial charge on any atom is 0.328 e. The molecule has 10 heteroatoms. The summed E-state index contributed by atoms with van der Waals surface area (Å²) in [6.45, 7) is 0.419. The Balaban J connectivity index is 2.25. The summed E-state index contributed by atoms with van der Waals surface area (Å²) < 4.78 is 4.75. The molecule has 0 saturated heterocycles. The van der Waals surface area contributed by atoms with Crippen molar-refractivity contribution >= 4 is 29.2 Å². The Kier molecular flexibility index (Phi) is 4.89. The molecule has 0 unspecified atom stereocenters. The largest absolute Gasteiger partial charge is 0.499 e. The van der Waals surface area contributed by atoms with E-state index in [4.69, 9.17) is 16.3 Å². The molecule has 1 aliphatic carbocycles. The second-order valence-electron chi connectivity index (χ2n) is 5.00. The van der Waals surface area contributed by atoms with Gasteiger partial charge in [-0.2, -0.15) is 0 Å². The van der Waals surface area contributed by atoms with E-state index in [0.717, 1.165) is 18.9 Å². The number of imide groups is 1. The maximum atomic E-state index is 12.1. The lowest BCUT2D eigenvalue weighted by atomic mass is 10.1. The zero-order valence-electron chi connectivity index (χ0n) is 12.1. The molecule has 0 atom stereocenters. The van der Waals surface area contributed by atoms with E-state index in [1.54, 1.807) is 0 Å². The zero-order valence-corrected chi connectivity index (χ0v) is 12.8. The number of nitro benzene ring substituents is 1. The maximum absolute atomic E-state index is 12.1. The standard InChI is InChI=1S/C13H14ClN3O6/c1-23-8-4-7(14)9(10(11(8)18)17(21)22)12(19)16-13(20)15-5-6-2-3-6/h4,6,18H,2-3,5H2,1H3,(H2,15,16,19,20). The highest BCUT2D eigenvalue weighted by Gasteiger charge is 2.32. The Morgan fingerprint density at radius 2 is 2.17 bits per heavy atom. The van der Waals surface area contributed by atoms with Crippen molar-refractivity contribution in [2.45, 2.75) is 12.8 Å². The number of hydrogen-bond acceptors (Lipinski definition) is 6. The van der Waals surface area contributed by atoms with Gasteiger partial charge in [0.1, 0.15) is 5.56 Å². The molecule has 0 aliphatic heterocycles. The monoisotopic (exact) mass is 343 g/mol. The van der Waals surface area contributed by atoms with Crippen LogP contribution in [0, 0.1) is 16.0 Å². The van der Waals surface area contributed by atoms with Crippen molar-refractivity contribution in [2.75, 3.05) is 13.7 Å². The Labute approximate surface area is 135 Å². The highest BCUT2D eigenvalue weighted by Crippen LogP contribution is 2.42. The summed E-state index contributed by atoms with van der Waals surface area (Å²) in [5, 5.41) is 25.1. The number of ether oxygens (including phenoxy) is 1. The third-order valence-electron chi connectivity index (χ3n) is 3.30. The SMILES string of the molecule is COc1cc(Cl)c(C(=O)NC(=O)NCC2CC2)c([N+](=O)[O-])c1O. The molecule has 3 amide bonds. The molecule has 3 N–H and O–H groups in total. The van der Waals surface area contributed by atoms with Crippen LogP contribution < -0.4 is 15.4 Å². The quantitative estimate of drug-likeness (QED) is 0.552. The third kappa shape index (κ3) is 3.81. The molecular formula is C13H14ClN3O6. The van der Waals surface area contributed by atoms with Crippen molar-refractivity contribution in [2.24, 2.45) is 5.92 Å². The van der Waals surface area contributed by atoms with Crippen LogP contribution >= 0.6 is 11.6 Å². The number of urea groups is 1. The lowest BCUT2D eigenvalue weighted by Crippen LogP contribution is -2.40. The molecule has 0 spiro atoms. The van der Waals surface area contributed by atoms with Crippen molar-refractivity contribution in [3.63, 3.8) is 0 Å². The molecule has 0 aromatic heterocycles. The smallest absolute Gasteiger partial charge is 0.328 e. The lowest BCUT2D eigenvalue weighted by molar-refractivity contribution is -0.386. The number of phenolic OH excluding ortho intramolecular Hbond substituents is 1. The Morgan fingerprint density at radius 3 is 2.70 bits per heavy atom. The molecule has 1 aromatic rings. The fraction of sp³-hybridized carbons (Fsp3) is 0.385. The highest BCUT2D eigenvalue weighted by atomic mass is 35.5. The number of nitro groups is 1. The number of phenols is 1. The Hall–Kier alpha value is -2.55. The molecule has 9 nitrogen and oxygen atoms in total. The predicted molar refractivity (Wildman–Crippen MR) is 79.9 cm³/mol. The summed E-state index contributed by atoms with van der Waals surface area (Å²) in [4.78, 5) is 33.9. The van der Waals surface area contributed by atoms with Crippen molar-refractivity contribution in [3.8, 4) is 11.5 Å². The number of aromatic hydroxyl groups is 1. The van der Waals surface area contributed by atoms with Gasteiger partial charge in [-0.15, -0.1) is 0 Å². The van der Waals surface area contributed by atoms with Crippen LogP contribution in [0.2, 0.25) is 5.02 Å². The number of amides is 3. The number of nitrogens with one attached hydrogen (secondary N) is 2. The van der Waals surface area contributed by atoms with Gasteiger partial charge in [-0.1, -0.05) is 11.6 Å². The van der Waals surface area contributed by atoms with Gasteiger partial charge in [0, 0.05) is 12.6 Å². The molecule has 1 saturated carbocycles. The number of methoxy groups -OCH3 is 1. The van der Waals surface area contributed by atoms with Crippen molar-refractivity contribution in [1.82, 2.24) is 10.6 Å².